The van der Waals surface area contributed by atoms with Gasteiger partial charge in [0.25, 0.3) is 17.2 Å². The highest BCUT2D eigenvalue weighted by Crippen LogP contribution is 2.07. The fourth-order valence-corrected chi connectivity index (χ4v) is 1.91. The minimum Gasteiger partial charge on any atom is -0.459 e. The highest BCUT2D eigenvalue weighted by molar-refractivity contribution is 5.91. The number of furan rings is 1. The van der Waals surface area contributed by atoms with Gasteiger partial charge < -0.3 is 14.3 Å². The molecule has 0 fully saturated rings. The van der Waals surface area contributed by atoms with Crippen LogP contribution in [0.1, 0.15) is 23.4 Å². The quantitative estimate of drug-likeness (QED) is 0.474. The summed E-state index contributed by atoms with van der Waals surface area (Å²) in [5.41, 5.74) is -0.407. The Morgan fingerprint density at radius 2 is 2.14 bits per heavy atom. The van der Waals surface area contributed by atoms with Crippen LogP contribution in [0.25, 0.3) is 0 Å². The van der Waals surface area contributed by atoms with Crippen molar-refractivity contribution in [3.63, 3.8) is 0 Å². The summed E-state index contributed by atoms with van der Waals surface area (Å²) in [5, 5.41) is 13.3. The highest BCUT2D eigenvalue weighted by atomic mass is 16.6. The van der Waals surface area contributed by atoms with Crippen LogP contribution in [-0.2, 0) is 6.54 Å². The summed E-state index contributed by atoms with van der Waals surface area (Å²) < 4.78 is 6.25. The van der Waals surface area contributed by atoms with Crippen molar-refractivity contribution in [2.75, 3.05) is 6.54 Å². The van der Waals surface area contributed by atoms with Crippen molar-refractivity contribution in [3.8, 4) is 0 Å². The van der Waals surface area contributed by atoms with Crippen LogP contribution in [0.3, 0.4) is 0 Å². The molecule has 0 bridgehead atoms. The molecule has 0 saturated carbocycles. The number of rotatable bonds is 7. The van der Waals surface area contributed by atoms with E-state index in [9.17, 15) is 19.7 Å². The number of aromatic nitrogens is 1. The molecule has 1 amide bonds. The van der Waals surface area contributed by atoms with E-state index in [0.717, 1.165) is 0 Å². The second kappa shape index (κ2) is 7.21. The number of nitrogens with one attached hydrogen (secondary N) is 1. The summed E-state index contributed by atoms with van der Waals surface area (Å²) >= 11 is 0. The fraction of sp³-hybridized carbons (Fsp3) is 0.286. The first-order valence-electron chi connectivity index (χ1n) is 6.74. The number of nitro groups is 1. The highest BCUT2D eigenvalue weighted by Gasteiger charge is 2.08. The lowest BCUT2D eigenvalue weighted by Crippen LogP contribution is -2.24. The molecule has 1 N–H and O–H groups in total. The molecule has 0 radical (unpaired) electrons. The molecule has 2 rings (SSSR count). The molecule has 0 aromatic carbocycles. The third kappa shape index (κ3) is 4.05. The van der Waals surface area contributed by atoms with Gasteiger partial charge in [-0.2, -0.15) is 0 Å². The van der Waals surface area contributed by atoms with Crippen LogP contribution in [0.4, 0.5) is 5.69 Å². The lowest BCUT2D eigenvalue weighted by Gasteiger charge is -2.06. The van der Waals surface area contributed by atoms with Crippen LogP contribution in [0.5, 0.6) is 0 Å². The first-order chi connectivity index (χ1) is 10.6. The maximum atomic E-state index is 11.6. The number of unbranched alkanes of at least 4 members (excludes halogenated alkanes) is 1. The van der Waals surface area contributed by atoms with Crippen molar-refractivity contribution in [2.24, 2.45) is 0 Å². The van der Waals surface area contributed by atoms with Gasteiger partial charge in [-0.25, -0.2) is 0 Å². The van der Waals surface area contributed by atoms with E-state index in [4.69, 9.17) is 4.42 Å². The van der Waals surface area contributed by atoms with E-state index in [-0.39, 0.29) is 22.9 Å². The standard InChI is InChI=1S/C14H15N3O5/c18-13-6-5-11(17(20)21)10-16(13)8-2-1-7-15-14(19)12-4-3-9-22-12/h3-6,9-10H,1-2,7-8H2,(H,15,19). The lowest BCUT2D eigenvalue weighted by molar-refractivity contribution is -0.385. The van der Waals surface area contributed by atoms with Crippen molar-refractivity contribution < 1.29 is 14.1 Å². The van der Waals surface area contributed by atoms with Gasteiger partial charge in [0, 0.05) is 25.2 Å². The molecule has 0 spiro atoms. The van der Waals surface area contributed by atoms with Gasteiger partial charge in [-0.1, -0.05) is 0 Å². The summed E-state index contributed by atoms with van der Waals surface area (Å²) in [4.78, 5) is 33.3. The number of pyridine rings is 1. The van der Waals surface area contributed by atoms with Crippen LogP contribution in [0, 0.1) is 10.1 Å². The summed E-state index contributed by atoms with van der Waals surface area (Å²) in [6.45, 7) is 0.792. The van der Waals surface area contributed by atoms with Crippen molar-refractivity contribution in [1.82, 2.24) is 9.88 Å². The molecular formula is C14H15N3O5. The third-order valence-corrected chi connectivity index (χ3v) is 3.03. The smallest absolute Gasteiger partial charge is 0.286 e. The number of hydrogen-bond acceptors (Lipinski definition) is 5. The number of hydrogen-bond donors (Lipinski definition) is 1. The average molecular weight is 305 g/mol. The number of aryl methyl sites for hydroxylation is 1. The third-order valence-electron chi connectivity index (χ3n) is 3.03. The molecule has 2 aromatic rings. The maximum absolute atomic E-state index is 11.6. The van der Waals surface area contributed by atoms with Gasteiger partial charge in [-0.05, 0) is 25.0 Å². The largest absolute Gasteiger partial charge is 0.459 e. The predicted octanol–water partition coefficient (Wildman–Crippen LogP) is 1.56. The molecule has 2 aromatic heterocycles. The molecule has 0 saturated heterocycles. The first kappa shape index (κ1) is 15.5. The van der Waals surface area contributed by atoms with Crippen LogP contribution < -0.4 is 10.9 Å². The molecular weight excluding hydrogens is 290 g/mol. The summed E-state index contributed by atoms with van der Waals surface area (Å²) in [6.07, 6.45) is 3.90. The predicted molar refractivity (Wildman–Crippen MR) is 77.6 cm³/mol. The zero-order chi connectivity index (χ0) is 15.9. The zero-order valence-corrected chi connectivity index (χ0v) is 11.7. The fourth-order valence-electron chi connectivity index (χ4n) is 1.91. The first-order valence-corrected chi connectivity index (χ1v) is 6.74. The average Bonchev–Trinajstić information content (AvgIpc) is 3.02. The van der Waals surface area contributed by atoms with E-state index in [2.05, 4.69) is 5.32 Å². The maximum Gasteiger partial charge on any atom is 0.286 e. The summed E-state index contributed by atoms with van der Waals surface area (Å²) in [5.74, 6) is -0.0487. The molecule has 0 aliphatic carbocycles. The summed E-state index contributed by atoms with van der Waals surface area (Å²) in [7, 11) is 0. The van der Waals surface area contributed by atoms with Gasteiger partial charge >= 0.3 is 0 Å². The van der Waals surface area contributed by atoms with Crippen molar-refractivity contribution >= 4 is 11.6 Å². The Morgan fingerprint density at radius 3 is 2.82 bits per heavy atom. The second-order valence-corrected chi connectivity index (χ2v) is 4.62. The topological polar surface area (TPSA) is 107 Å². The Morgan fingerprint density at radius 1 is 1.32 bits per heavy atom. The molecule has 0 aliphatic heterocycles. The Kier molecular flexibility index (Phi) is 5.07. The van der Waals surface area contributed by atoms with Gasteiger partial charge in [0.1, 0.15) is 0 Å². The van der Waals surface area contributed by atoms with E-state index in [1.807, 2.05) is 0 Å². The summed E-state index contributed by atoms with van der Waals surface area (Å²) in [6, 6.07) is 5.56. The van der Waals surface area contributed by atoms with E-state index < -0.39 is 4.92 Å². The minimum absolute atomic E-state index is 0.120. The van der Waals surface area contributed by atoms with E-state index in [1.165, 1.54) is 29.2 Å². The van der Waals surface area contributed by atoms with Gasteiger partial charge in [0.05, 0.1) is 17.4 Å². The van der Waals surface area contributed by atoms with Crippen molar-refractivity contribution in [3.05, 3.63) is 63.0 Å². The monoisotopic (exact) mass is 305 g/mol. The Bertz CT molecular complexity index is 706. The van der Waals surface area contributed by atoms with Gasteiger partial charge in [0.15, 0.2) is 5.76 Å². The molecule has 116 valence electrons. The molecule has 0 aliphatic rings. The van der Waals surface area contributed by atoms with Crippen LogP contribution in [0.15, 0.2) is 45.9 Å². The molecule has 22 heavy (non-hydrogen) atoms. The Hall–Kier alpha value is -2.90. The number of carbonyl (C=O) groups is 1. The van der Waals surface area contributed by atoms with Gasteiger partial charge in [0.2, 0.25) is 0 Å². The van der Waals surface area contributed by atoms with E-state index in [1.54, 1.807) is 12.1 Å². The lowest BCUT2D eigenvalue weighted by atomic mass is 10.3. The number of carbonyl (C=O) groups excluding carboxylic acids is 1. The number of nitrogens with zero attached hydrogens (tertiary/aromatic N) is 2. The Labute approximate surface area is 125 Å². The SMILES string of the molecule is O=C(NCCCCn1cc([N+](=O)[O-])ccc1=O)c1ccco1. The molecule has 8 nitrogen and oxygen atoms in total. The Balaban J connectivity index is 1.77. The van der Waals surface area contributed by atoms with E-state index in [0.29, 0.717) is 25.9 Å². The minimum atomic E-state index is -0.542. The molecule has 0 atom stereocenters. The van der Waals surface area contributed by atoms with Crippen molar-refractivity contribution in [2.45, 2.75) is 19.4 Å². The van der Waals surface area contributed by atoms with Crippen LogP contribution in [-0.4, -0.2) is 21.9 Å². The number of amides is 1. The molecule has 8 heteroatoms. The molecule has 2 heterocycles. The van der Waals surface area contributed by atoms with Crippen LogP contribution >= 0.6 is 0 Å². The second-order valence-electron chi connectivity index (χ2n) is 4.62. The van der Waals surface area contributed by atoms with Gasteiger partial charge in [-0.3, -0.25) is 19.7 Å². The van der Waals surface area contributed by atoms with Crippen LogP contribution in [0.2, 0.25) is 0 Å². The zero-order valence-electron chi connectivity index (χ0n) is 11.7. The molecule has 0 unspecified atom stereocenters. The van der Waals surface area contributed by atoms with Gasteiger partial charge in [-0.15, -0.1) is 0 Å². The van der Waals surface area contributed by atoms with Crippen molar-refractivity contribution in [1.29, 1.82) is 0 Å². The van der Waals surface area contributed by atoms with E-state index >= 15 is 0 Å². The normalized spacial score (nSPS) is 10.4.